The van der Waals surface area contributed by atoms with Gasteiger partial charge in [0.1, 0.15) is 5.75 Å². The zero-order chi connectivity index (χ0) is 15.0. The number of benzene rings is 1. The number of aliphatic carboxylic acids is 1. The Hall–Kier alpha value is -1.95. The van der Waals surface area contributed by atoms with Crippen LogP contribution >= 0.6 is 11.8 Å². The summed E-state index contributed by atoms with van der Waals surface area (Å²) in [5, 5.41) is 11.4. The summed E-state index contributed by atoms with van der Waals surface area (Å²) in [4.78, 5) is 22.5. The number of methoxy groups -OCH3 is 1. The van der Waals surface area contributed by atoms with Gasteiger partial charge in [0, 0.05) is 29.5 Å². The molecule has 1 amide bonds. The second-order valence-electron chi connectivity index (χ2n) is 3.88. The van der Waals surface area contributed by atoms with E-state index in [1.165, 1.54) is 13.2 Å². The van der Waals surface area contributed by atoms with Crippen LogP contribution in [-0.2, 0) is 4.79 Å². The quantitative estimate of drug-likeness (QED) is 0.593. The number of thioether (sulfide) groups is 1. The van der Waals surface area contributed by atoms with Gasteiger partial charge in [-0.2, -0.15) is 11.8 Å². The van der Waals surface area contributed by atoms with Gasteiger partial charge in [-0.15, -0.1) is 0 Å². The van der Waals surface area contributed by atoms with Crippen LogP contribution in [-0.4, -0.2) is 42.6 Å². The van der Waals surface area contributed by atoms with Crippen molar-refractivity contribution in [3.63, 3.8) is 0 Å². The topological polar surface area (TPSA) is 75.6 Å². The van der Waals surface area contributed by atoms with Crippen molar-refractivity contribution in [2.24, 2.45) is 0 Å². The van der Waals surface area contributed by atoms with Crippen molar-refractivity contribution in [2.75, 3.05) is 25.7 Å². The van der Waals surface area contributed by atoms with E-state index < -0.39 is 5.97 Å². The Balaban J connectivity index is 2.91. The molecule has 0 saturated heterocycles. The molecule has 1 aromatic rings. The maximum atomic E-state index is 11.9. The molecule has 0 fully saturated rings. The van der Waals surface area contributed by atoms with E-state index in [9.17, 15) is 9.59 Å². The molecule has 0 saturated carbocycles. The highest BCUT2D eigenvalue weighted by atomic mass is 32.2. The fourth-order valence-electron chi connectivity index (χ4n) is 1.54. The van der Waals surface area contributed by atoms with E-state index in [2.05, 4.69) is 5.32 Å². The average molecular weight is 295 g/mol. The summed E-state index contributed by atoms with van der Waals surface area (Å²) in [6.45, 7) is 0.590. The molecule has 1 aromatic carbocycles. The lowest BCUT2D eigenvalue weighted by Gasteiger charge is -2.08. The van der Waals surface area contributed by atoms with Gasteiger partial charge < -0.3 is 15.2 Å². The van der Waals surface area contributed by atoms with Crippen LogP contribution in [0, 0.1) is 0 Å². The summed E-state index contributed by atoms with van der Waals surface area (Å²) in [6.07, 6.45) is 4.38. The van der Waals surface area contributed by atoms with E-state index in [0.717, 1.165) is 11.8 Å². The van der Waals surface area contributed by atoms with Crippen LogP contribution in [0.15, 0.2) is 24.3 Å². The van der Waals surface area contributed by atoms with Gasteiger partial charge in [0.2, 0.25) is 0 Å². The number of carbonyl (C=O) groups is 2. The van der Waals surface area contributed by atoms with Crippen LogP contribution in [0.5, 0.6) is 5.75 Å². The summed E-state index contributed by atoms with van der Waals surface area (Å²) < 4.78 is 5.13. The molecule has 0 atom stereocenters. The molecule has 0 aliphatic rings. The fraction of sp³-hybridized carbons (Fsp3) is 0.286. The molecule has 0 radical (unpaired) electrons. The Labute approximate surface area is 122 Å². The molecule has 2 N–H and O–H groups in total. The van der Waals surface area contributed by atoms with Crippen LogP contribution in [0.25, 0.3) is 6.08 Å². The Bertz CT molecular complexity index is 514. The lowest BCUT2D eigenvalue weighted by molar-refractivity contribution is -0.131. The predicted molar refractivity (Wildman–Crippen MR) is 80.4 cm³/mol. The first-order chi connectivity index (χ1) is 9.58. The maximum Gasteiger partial charge on any atom is 0.328 e. The van der Waals surface area contributed by atoms with Crippen LogP contribution in [0.2, 0.25) is 0 Å². The van der Waals surface area contributed by atoms with Crippen LogP contribution in [0.3, 0.4) is 0 Å². The fourth-order valence-corrected chi connectivity index (χ4v) is 1.84. The molecule has 0 aromatic heterocycles. The summed E-state index contributed by atoms with van der Waals surface area (Å²) in [7, 11) is 1.49. The van der Waals surface area contributed by atoms with Crippen LogP contribution in [0.1, 0.15) is 15.9 Å². The van der Waals surface area contributed by atoms with E-state index >= 15 is 0 Å². The lowest BCUT2D eigenvalue weighted by Crippen LogP contribution is -2.25. The maximum absolute atomic E-state index is 11.9. The normalized spacial score (nSPS) is 10.5. The molecule has 0 unspecified atom stereocenters. The minimum atomic E-state index is -1.05. The molecule has 0 aliphatic heterocycles. The number of rotatable bonds is 7. The third-order valence-electron chi connectivity index (χ3n) is 2.49. The highest BCUT2D eigenvalue weighted by Crippen LogP contribution is 2.21. The molecule has 108 valence electrons. The zero-order valence-electron chi connectivity index (χ0n) is 11.4. The predicted octanol–water partition coefficient (Wildman–Crippen LogP) is 1.89. The summed E-state index contributed by atoms with van der Waals surface area (Å²) in [6, 6.07) is 4.89. The van der Waals surface area contributed by atoms with Gasteiger partial charge in [-0.1, -0.05) is 0 Å². The van der Waals surface area contributed by atoms with Crippen molar-refractivity contribution in [2.45, 2.75) is 0 Å². The Morgan fingerprint density at radius 1 is 1.45 bits per heavy atom. The Morgan fingerprint density at radius 3 is 2.80 bits per heavy atom. The van der Waals surface area contributed by atoms with E-state index in [1.807, 2.05) is 6.26 Å². The number of nitrogens with one attached hydrogen (secondary N) is 1. The highest BCUT2D eigenvalue weighted by Gasteiger charge is 2.08. The first kappa shape index (κ1) is 16.1. The number of carbonyl (C=O) groups excluding carboxylic acids is 1. The molecular weight excluding hydrogens is 278 g/mol. The van der Waals surface area contributed by atoms with E-state index in [0.29, 0.717) is 23.4 Å². The van der Waals surface area contributed by atoms with E-state index in [-0.39, 0.29) is 5.91 Å². The largest absolute Gasteiger partial charge is 0.496 e. The molecule has 0 bridgehead atoms. The molecule has 1 rings (SSSR count). The van der Waals surface area contributed by atoms with Gasteiger partial charge in [-0.3, -0.25) is 4.79 Å². The summed E-state index contributed by atoms with van der Waals surface area (Å²) in [5.41, 5.74) is 1.02. The smallest absolute Gasteiger partial charge is 0.328 e. The first-order valence-electron chi connectivity index (χ1n) is 5.94. The minimum absolute atomic E-state index is 0.188. The van der Waals surface area contributed by atoms with Crippen molar-refractivity contribution >= 4 is 29.7 Å². The third-order valence-corrected chi connectivity index (χ3v) is 3.10. The van der Waals surface area contributed by atoms with E-state index in [4.69, 9.17) is 9.84 Å². The van der Waals surface area contributed by atoms with Gasteiger partial charge >= 0.3 is 5.97 Å². The molecule has 20 heavy (non-hydrogen) atoms. The zero-order valence-corrected chi connectivity index (χ0v) is 12.2. The van der Waals surface area contributed by atoms with Crippen molar-refractivity contribution < 1.29 is 19.4 Å². The van der Waals surface area contributed by atoms with Crippen LogP contribution < -0.4 is 10.1 Å². The standard InChI is InChI=1S/C14H17NO4S/c1-19-12-5-3-11(14(18)15-7-8-20-2)9-10(12)4-6-13(16)17/h3-6,9H,7-8H2,1-2H3,(H,15,18)(H,16,17). The van der Waals surface area contributed by atoms with Gasteiger partial charge in [0.25, 0.3) is 5.91 Å². The summed E-state index contributed by atoms with van der Waals surface area (Å²) in [5.74, 6) is 0.116. The Morgan fingerprint density at radius 2 is 2.20 bits per heavy atom. The van der Waals surface area contributed by atoms with Crippen molar-refractivity contribution in [3.05, 3.63) is 35.4 Å². The average Bonchev–Trinajstić information content (AvgIpc) is 2.44. The molecule has 0 heterocycles. The van der Waals surface area contributed by atoms with Crippen molar-refractivity contribution in [1.82, 2.24) is 5.32 Å². The van der Waals surface area contributed by atoms with Gasteiger partial charge in [0.15, 0.2) is 0 Å². The minimum Gasteiger partial charge on any atom is -0.496 e. The lowest BCUT2D eigenvalue weighted by atomic mass is 10.1. The number of carboxylic acids is 1. The second kappa shape index (κ2) is 8.27. The molecule has 5 nitrogen and oxygen atoms in total. The number of hydrogen-bond donors (Lipinski definition) is 2. The van der Waals surface area contributed by atoms with Gasteiger partial charge in [-0.25, -0.2) is 4.79 Å². The van der Waals surface area contributed by atoms with Gasteiger partial charge in [-0.05, 0) is 30.5 Å². The molecule has 0 aliphatic carbocycles. The molecule has 6 heteroatoms. The molecular formula is C14H17NO4S. The third kappa shape index (κ3) is 4.97. The highest BCUT2D eigenvalue weighted by molar-refractivity contribution is 7.98. The molecule has 0 spiro atoms. The second-order valence-corrected chi connectivity index (χ2v) is 4.86. The first-order valence-corrected chi connectivity index (χ1v) is 7.34. The monoisotopic (exact) mass is 295 g/mol. The SMILES string of the molecule is COc1ccc(C(=O)NCCSC)cc1C=CC(=O)O. The van der Waals surface area contributed by atoms with Crippen molar-refractivity contribution in [1.29, 1.82) is 0 Å². The summed E-state index contributed by atoms with van der Waals surface area (Å²) >= 11 is 1.65. The number of amides is 1. The Kier molecular flexibility index (Phi) is 6.66. The van der Waals surface area contributed by atoms with Gasteiger partial charge in [0.05, 0.1) is 7.11 Å². The number of ether oxygens (including phenoxy) is 1. The van der Waals surface area contributed by atoms with Crippen LogP contribution in [0.4, 0.5) is 0 Å². The van der Waals surface area contributed by atoms with Crippen molar-refractivity contribution in [3.8, 4) is 5.75 Å². The number of hydrogen-bond acceptors (Lipinski definition) is 4. The van der Waals surface area contributed by atoms with E-state index in [1.54, 1.807) is 30.0 Å². The number of carboxylic acid groups (broad SMARTS) is 1.